The largest absolute Gasteiger partial charge is 0.463 e. The third-order valence-corrected chi connectivity index (χ3v) is 8.09. The first-order valence-electron chi connectivity index (χ1n) is 17.5. The standard InChI is InChI=1S/C38H49N3O12/c1-24(42)40-33-35(52-27(4)45)34(51-26(3)44)32(23-50-25(2)43)53-38(33)49-20-14-6-5-13-19-39-36(47)30(21-28-15-9-7-10-16-28)41-37(48)31(46)22-29-17-11-8-12-18-29/h7-12,15-18,30,32-35,38H,5-6,13-14,19-23H2,1-4H3,(H,39,47)(H,40,42)(H,41,48)/t30-,32?,33?,34-,35+,38+/m0/s1. The van der Waals surface area contributed by atoms with E-state index in [0.29, 0.717) is 37.8 Å². The fourth-order valence-corrected chi connectivity index (χ4v) is 5.71. The summed E-state index contributed by atoms with van der Waals surface area (Å²) in [6.45, 7) is 4.95. The van der Waals surface area contributed by atoms with Crippen LogP contribution in [0.5, 0.6) is 0 Å². The molecule has 0 aromatic heterocycles. The molecule has 6 atom stereocenters. The molecular formula is C38H49N3O12. The molecule has 288 valence electrons. The van der Waals surface area contributed by atoms with Gasteiger partial charge in [0.2, 0.25) is 17.6 Å². The Morgan fingerprint density at radius 2 is 1.34 bits per heavy atom. The summed E-state index contributed by atoms with van der Waals surface area (Å²) < 4.78 is 28.0. The summed E-state index contributed by atoms with van der Waals surface area (Å²) in [4.78, 5) is 86.2. The van der Waals surface area contributed by atoms with Crippen molar-refractivity contribution in [2.45, 2.75) is 103 Å². The predicted octanol–water partition coefficient (Wildman–Crippen LogP) is 1.88. The quantitative estimate of drug-likeness (QED) is 0.0772. The Morgan fingerprint density at radius 1 is 0.736 bits per heavy atom. The van der Waals surface area contributed by atoms with E-state index in [4.69, 9.17) is 23.7 Å². The first kappa shape index (κ1) is 42.3. The molecule has 53 heavy (non-hydrogen) atoms. The molecule has 3 N–H and O–H groups in total. The topological polar surface area (TPSA) is 202 Å². The van der Waals surface area contributed by atoms with E-state index in [2.05, 4.69) is 16.0 Å². The van der Waals surface area contributed by atoms with Crippen molar-refractivity contribution >= 4 is 41.4 Å². The number of amides is 3. The van der Waals surface area contributed by atoms with Crippen LogP contribution in [-0.4, -0.2) is 97.9 Å². The second-order valence-electron chi connectivity index (χ2n) is 12.6. The van der Waals surface area contributed by atoms with Gasteiger partial charge in [0.05, 0.1) is 0 Å². The summed E-state index contributed by atoms with van der Waals surface area (Å²) in [6, 6.07) is 16.1. The summed E-state index contributed by atoms with van der Waals surface area (Å²) in [6.07, 6.45) is -1.94. The van der Waals surface area contributed by atoms with Gasteiger partial charge >= 0.3 is 17.9 Å². The third-order valence-electron chi connectivity index (χ3n) is 8.09. The van der Waals surface area contributed by atoms with Crippen molar-refractivity contribution in [2.75, 3.05) is 19.8 Å². The molecule has 1 heterocycles. The Kier molecular flexibility index (Phi) is 17.6. The Bertz CT molecular complexity index is 1540. The van der Waals surface area contributed by atoms with Crippen LogP contribution in [0.4, 0.5) is 0 Å². The molecule has 0 saturated carbocycles. The summed E-state index contributed by atoms with van der Waals surface area (Å²) in [5, 5.41) is 8.13. The average molecular weight is 740 g/mol. The maximum Gasteiger partial charge on any atom is 0.303 e. The van der Waals surface area contributed by atoms with Gasteiger partial charge in [0.25, 0.3) is 5.91 Å². The molecule has 1 fully saturated rings. The molecule has 15 nitrogen and oxygen atoms in total. The van der Waals surface area contributed by atoms with Crippen LogP contribution in [0, 0.1) is 0 Å². The second kappa shape index (κ2) is 22.0. The minimum Gasteiger partial charge on any atom is -0.463 e. The number of benzene rings is 2. The number of ketones is 1. The Morgan fingerprint density at radius 3 is 1.94 bits per heavy atom. The van der Waals surface area contributed by atoms with Crippen LogP contribution in [0.2, 0.25) is 0 Å². The number of hydrogen-bond donors (Lipinski definition) is 3. The molecule has 15 heteroatoms. The van der Waals surface area contributed by atoms with Crippen molar-refractivity contribution in [1.29, 1.82) is 0 Å². The Balaban J connectivity index is 1.52. The number of ether oxygens (including phenoxy) is 5. The van der Waals surface area contributed by atoms with E-state index in [9.17, 15) is 33.6 Å². The number of unbranched alkanes of at least 4 members (excludes halogenated alkanes) is 3. The number of esters is 3. The van der Waals surface area contributed by atoms with Gasteiger partial charge < -0.3 is 39.6 Å². The van der Waals surface area contributed by atoms with E-state index < -0.39 is 78.1 Å². The number of carbonyl (C=O) groups is 7. The van der Waals surface area contributed by atoms with Crippen LogP contribution in [0.25, 0.3) is 0 Å². The molecular weight excluding hydrogens is 690 g/mol. The van der Waals surface area contributed by atoms with Gasteiger partial charge in [-0.2, -0.15) is 0 Å². The van der Waals surface area contributed by atoms with Crippen LogP contribution in [0.1, 0.15) is 64.5 Å². The zero-order chi connectivity index (χ0) is 38.8. The van der Waals surface area contributed by atoms with Gasteiger partial charge in [-0.15, -0.1) is 0 Å². The van der Waals surface area contributed by atoms with E-state index >= 15 is 0 Å². The fraction of sp³-hybridized carbons (Fsp3) is 0.500. The van der Waals surface area contributed by atoms with Crippen molar-refractivity contribution in [2.24, 2.45) is 0 Å². The van der Waals surface area contributed by atoms with Gasteiger partial charge in [0.1, 0.15) is 24.8 Å². The lowest BCUT2D eigenvalue weighted by atomic mass is 9.96. The summed E-state index contributed by atoms with van der Waals surface area (Å²) in [5.74, 6) is -4.37. The van der Waals surface area contributed by atoms with Crippen LogP contribution in [-0.2, 0) is 70.1 Å². The number of hydrogen-bond acceptors (Lipinski definition) is 12. The fourth-order valence-electron chi connectivity index (χ4n) is 5.71. The number of carbonyl (C=O) groups excluding carboxylic acids is 7. The van der Waals surface area contributed by atoms with E-state index in [1.807, 2.05) is 36.4 Å². The van der Waals surface area contributed by atoms with Gasteiger partial charge in [-0.25, -0.2) is 0 Å². The highest BCUT2D eigenvalue weighted by Crippen LogP contribution is 2.28. The van der Waals surface area contributed by atoms with Gasteiger partial charge in [-0.3, -0.25) is 33.6 Å². The van der Waals surface area contributed by atoms with Crippen LogP contribution in [0.15, 0.2) is 60.7 Å². The SMILES string of the molecule is CC(=O)NC1[C@H](OCCCCCCNC(=O)[C@H](Cc2ccccc2)NC(=O)C(=O)Cc2ccccc2)OC(COC(C)=O)[C@H](OC(C)=O)[C@@H]1OC(C)=O. The van der Waals surface area contributed by atoms with Crippen molar-refractivity contribution in [3.8, 4) is 0 Å². The summed E-state index contributed by atoms with van der Waals surface area (Å²) in [5.41, 5.74) is 1.52. The zero-order valence-corrected chi connectivity index (χ0v) is 30.5. The molecule has 2 aromatic rings. The van der Waals surface area contributed by atoms with E-state index in [1.165, 1.54) is 13.8 Å². The highest BCUT2D eigenvalue weighted by atomic mass is 16.7. The maximum atomic E-state index is 13.2. The molecule has 1 aliphatic rings. The minimum atomic E-state index is -1.21. The molecule has 0 bridgehead atoms. The highest BCUT2D eigenvalue weighted by Gasteiger charge is 2.51. The number of nitrogens with one attached hydrogen (secondary N) is 3. The van der Waals surface area contributed by atoms with Crippen LogP contribution in [0.3, 0.4) is 0 Å². The molecule has 2 aromatic carbocycles. The van der Waals surface area contributed by atoms with Crippen LogP contribution >= 0.6 is 0 Å². The Hall–Kier alpha value is -5.15. The minimum absolute atomic E-state index is 0.0761. The third kappa shape index (κ3) is 15.2. The lowest BCUT2D eigenvalue weighted by molar-refractivity contribution is -0.277. The van der Waals surface area contributed by atoms with Crippen molar-refractivity contribution in [1.82, 2.24) is 16.0 Å². The van der Waals surface area contributed by atoms with Crippen molar-refractivity contribution in [3.05, 3.63) is 71.8 Å². The smallest absolute Gasteiger partial charge is 0.303 e. The predicted molar refractivity (Wildman–Crippen MR) is 189 cm³/mol. The molecule has 0 aliphatic carbocycles. The zero-order valence-electron chi connectivity index (χ0n) is 30.5. The van der Waals surface area contributed by atoms with E-state index in [-0.39, 0.29) is 26.1 Å². The molecule has 1 saturated heterocycles. The van der Waals surface area contributed by atoms with Crippen molar-refractivity contribution in [3.63, 3.8) is 0 Å². The number of Topliss-reactive ketones (excluding diaryl/α,β-unsaturated/α-hetero) is 1. The normalized spacial score (nSPS) is 19.9. The molecule has 2 unspecified atom stereocenters. The highest BCUT2D eigenvalue weighted by molar-refractivity contribution is 6.37. The molecule has 3 amide bonds. The lowest BCUT2D eigenvalue weighted by Crippen LogP contribution is -2.66. The molecule has 0 radical (unpaired) electrons. The van der Waals surface area contributed by atoms with Gasteiger partial charge in [-0.1, -0.05) is 73.5 Å². The molecule has 0 spiro atoms. The lowest BCUT2D eigenvalue weighted by Gasteiger charge is -2.44. The van der Waals surface area contributed by atoms with E-state index in [1.54, 1.807) is 24.3 Å². The average Bonchev–Trinajstić information content (AvgIpc) is 3.10. The number of rotatable bonds is 20. The first-order valence-corrected chi connectivity index (χ1v) is 17.5. The molecule has 1 aliphatic heterocycles. The summed E-state index contributed by atoms with van der Waals surface area (Å²) >= 11 is 0. The van der Waals surface area contributed by atoms with Crippen LogP contribution < -0.4 is 16.0 Å². The monoisotopic (exact) mass is 739 g/mol. The Labute approximate surface area is 308 Å². The van der Waals surface area contributed by atoms with Crippen molar-refractivity contribution < 1.29 is 57.2 Å². The first-order chi connectivity index (χ1) is 25.3. The maximum absolute atomic E-state index is 13.2. The van der Waals surface area contributed by atoms with Gasteiger partial charge in [0.15, 0.2) is 18.5 Å². The molecule has 3 rings (SSSR count). The van der Waals surface area contributed by atoms with Gasteiger partial charge in [0, 0.05) is 53.7 Å². The summed E-state index contributed by atoms with van der Waals surface area (Å²) in [7, 11) is 0. The second-order valence-corrected chi connectivity index (χ2v) is 12.6. The van der Waals surface area contributed by atoms with Gasteiger partial charge in [-0.05, 0) is 24.0 Å². The van der Waals surface area contributed by atoms with E-state index in [0.717, 1.165) is 19.4 Å².